The Morgan fingerprint density at radius 3 is 2.88 bits per heavy atom. The van der Waals surface area contributed by atoms with Crippen LogP contribution >= 0.6 is 0 Å². The van der Waals surface area contributed by atoms with Crippen molar-refractivity contribution in [3.8, 4) is 0 Å². The molecule has 1 fully saturated rings. The number of carbonyl (C=O) groups is 1. The van der Waals surface area contributed by atoms with Crippen molar-refractivity contribution < 1.29 is 9.53 Å². The summed E-state index contributed by atoms with van der Waals surface area (Å²) in [4.78, 5) is 11.9. The van der Waals surface area contributed by atoms with E-state index in [2.05, 4.69) is 12.2 Å². The second-order valence-corrected chi connectivity index (χ2v) is 4.57. The van der Waals surface area contributed by atoms with E-state index in [1.807, 2.05) is 6.92 Å². The van der Waals surface area contributed by atoms with E-state index in [4.69, 9.17) is 10.5 Å². The maximum atomic E-state index is 11.9. The molecular formula is C12H24N2O2. The van der Waals surface area contributed by atoms with Gasteiger partial charge in [0.15, 0.2) is 0 Å². The normalized spacial score (nSPS) is 24.1. The van der Waals surface area contributed by atoms with Crippen LogP contribution in [0, 0.1) is 5.92 Å². The lowest BCUT2D eigenvalue weighted by molar-refractivity contribution is -0.126. The summed E-state index contributed by atoms with van der Waals surface area (Å²) in [6, 6.07) is 0.0981. The van der Waals surface area contributed by atoms with Crippen LogP contribution in [-0.4, -0.2) is 31.2 Å². The average Bonchev–Trinajstić information content (AvgIpc) is 2.78. The predicted octanol–water partition coefficient (Wildman–Crippen LogP) is 1.05. The lowest BCUT2D eigenvalue weighted by Gasteiger charge is -2.22. The number of hydrogen-bond acceptors (Lipinski definition) is 3. The molecule has 1 saturated heterocycles. The number of carbonyl (C=O) groups excluding carboxylic acids is 1. The largest absolute Gasteiger partial charge is 0.376 e. The zero-order valence-electron chi connectivity index (χ0n) is 10.4. The van der Waals surface area contributed by atoms with Crippen LogP contribution in [-0.2, 0) is 9.53 Å². The third-order valence-corrected chi connectivity index (χ3v) is 3.18. The molecule has 1 rings (SSSR count). The van der Waals surface area contributed by atoms with Gasteiger partial charge in [0.05, 0.1) is 18.1 Å². The third kappa shape index (κ3) is 3.76. The van der Waals surface area contributed by atoms with E-state index in [-0.39, 0.29) is 24.0 Å². The van der Waals surface area contributed by atoms with E-state index < -0.39 is 0 Å². The Kier molecular flexibility index (Phi) is 5.77. The summed E-state index contributed by atoms with van der Waals surface area (Å²) in [6.07, 6.45) is 4.18. The first kappa shape index (κ1) is 13.5. The number of amides is 1. The zero-order valence-corrected chi connectivity index (χ0v) is 10.4. The Hall–Kier alpha value is -0.610. The average molecular weight is 228 g/mol. The standard InChI is InChI=1S/C12H24N2O2/c1-3-5-10(8-13)12(15)14-9(2)11-6-4-7-16-11/h9-11H,3-8,13H2,1-2H3,(H,14,15). The molecule has 16 heavy (non-hydrogen) atoms. The van der Waals surface area contributed by atoms with E-state index in [0.717, 1.165) is 32.3 Å². The van der Waals surface area contributed by atoms with Gasteiger partial charge in [-0.1, -0.05) is 13.3 Å². The second-order valence-electron chi connectivity index (χ2n) is 4.57. The maximum Gasteiger partial charge on any atom is 0.224 e. The van der Waals surface area contributed by atoms with Gasteiger partial charge in [-0.15, -0.1) is 0 Å². The highest BCUT2D eigenvalue weighted by atomic mass is 16.5. The molecular weight excluding hydrogens is 204 g/mol. The summed E-state index contributed by atoms with van der Waals surface area (Å²) in [7, 11) is 0. The fraction of sp³-hybridized carbons (Fsp3) is 0.917. The molecule has 3 atom stereocenters. The fourth-order valence-electron chi connectivity index (χ4n) is 2.14. The summed E-state index contributed by atoms with van der Waals surface area (Å²) in [5.41, 5.74) is 5.60. The molecule has 0 radical (unpaired) electrons. The Bertz CT molecular complexity index is 215. The lowest BCUT2D eigenvalue weighted by Crippen LogP contribution is -2.45. The molecule has 0 aromatic rings. The number of hydrogen-bond donors (Lipinski definition) is 2. The molecule has 4 heteroatoms. The van der Waals surface area contributed by atoms with Crippen molar-refractivity contribution in [1.29, 1.82) is 0 Å². The van der Waals surface area contributed by atoms with Crippen molar-refractivity contribution in [2.24, 2.45) is 11.7 Å². The number of nitrogens with two attached hydrogens (primary N) is 1. The van der Waals surface area contributed by atoms with Crippen LogP contribution < -0.4 is 11.1 Å². The van der Waals surface area contributed by atoms with Gasteiger partial charge in [-0.3, -0.25) is 4.79 Å². The molecule has 1 aliphatic heterocycles. The van der Waals surface area contributed by atoms with Crippen molar-refractivity contribution >= 4 is 5.91 Å². The number of nitrogens with one attached hydrogen (secondary N) is 1. The molecule has 1 amide bonds. The van der Waals surface area contributed by atoms with Gasteiger partial charge < -0.3 is 15.8 Å². The summed E-state index contributed by atoms with van der Waals surface area (Å²) >= 11 is 0. The highest BCUT2D eigenvalue weighted by Crippen LogP contribution is 2.16. The van der Waals surface area contributed by atoms with E-state index in [1.54, 1.807) is 0 Å². The van der Waals surface area contributed by atoms with E-state index in [9.17, 15) is 4.79 Å². The van der Waals surface area contributed by atoms with Crippen LogP contribution in [0.15, 0.2) is 0 Å². The van der Waals surface area contributed by atoms with Crippen molar-refractivity contribution in [2.45, 2.75) is 51.7 Å². The summed E-state index contributed by atoms with van der Waals surface area (Å²) < 4.78 is 5.54. The smallest absolute Gasteiger partial charge is 0.224 e. The van der Waals surface area contributed by atoms with Gasteiger partial charge in [0.2, 0.25) is 5.91 Å². The fourth-order valence-corrected chi connectivity index (χ4v) is 2.14. The molecule has 1 aliphatic rings. The topological polar surface area (TPSA) is 64.4 Å². The Balaban J connectivity index is 2.36. The molecule has 0 saturated carbocycles. The molecule has 94 valence electrons. The van der Waals surface area contributed by atoms with Crippen LogP contribution in [0.2, 0.25) is 0 Å². The third-order valence-electron chi connectivity index (χ3n) is 3.18. The van der Waals surface area contributed by atoms with Gasteiger partial charge in [0.1, 0.15) is 0 Å². The summed E-state index contributed by atoms with van der Waals surface area (Å²) in [6.45, 7) is 5.32. The van der Waals surface area contributed by atoms with Gasteiger partial charge in [-0.2, -0.15) is 0 Å². The minimum absolute atomic E-state index is 0.0474. The SMILES string of the molecule is CCCC(CN)C(=O)NC(C)C1CCCO1. The highest BCUT2D eigenvalue weighted by Gasteiger charge is 2.25. The molecule has 3 unspecified atom stereocenters. The van der Waals surface area contributed by atoms with Crippen molar-refractivity contribution in [3.05, 3.63) is 0 Å². The lowest BCUT2D eigenvalue weighted by atomic mass is 10.0. The van der Waals surface area contributed by atoms with Crippen molar-refractivity contribution in [3.63, 3.8) is 0 Å². The molecule has 1 heterocycles. The Labute approximate surface area is 97.9 Å². The predicted molar refractivity (Wildman–Crippen MR) is 64.0 cm³/mol. The van der Waals surface area contributed by atoms with E-state index >= 15 is 0 Å². The van der Waals surface area contributed by atoms with Gasteiger partial charge in [0.25, 0.3) is 0 Å². The quantitative estimate of drug-likeness (QED) is 0.714. The molecule has 0 aliphatic carbocycles. The summed E-state index contributed by atoms with van der Waals surface area (Å²) in [5, 5.41) is 3.01. The number of rotatable bonds is 6. The van der Waals surface area contributed by atoms with Crippen LogP contribution in [0.4, 0.5) is 0 Å². The monoisotopic (exact) mass is 228 g/mol. The molecule has 3 N–H and O–H groups in total. The first-order valence-electron chi connectivity index (χ1n) is 6.31. The second kappa shape index (κ2) is 6.86. The van der Waals surface area contributed by atoms with Gasteiger partial charge in [-0.05, 0) is 26.2 Å². The molecule has 0 aromatic heterocycles. The van der Waals surface area contributed by atoms with Crippen LogP contribution in [0.1, 0.15) is 39.5 Å². The first-order valence-corrected chi connectivity index (χ1v) is 6.31. The molecule has 4 nitrogen and oxygen atoms in total. The molecule has 0 bridgehead atoms. The molecule has 0 aromatic carbocycles. The zero-order chi connectivity index (χ0) is 12.0. The first-order chi connectivity index (χ1) is 7.69. The van der Waals surface area contributed by atoms with Gasteiger partial charge >= 0.3 is 0 Å². The van der Waals surface area contributed by atoms with Crippen molar-refractivity contribution in [1.82, 2.24) is 5.32 Å². The minimum Gasteiger partial charge on any atom is -0.376 e. The van der Waals surface area contributed by atoms with Crippen LogP contribution in [0.5, 0.6) is 0 Å². The number of ether oxygens (including phenoxy) is 1. The van der Waals surface area contributed by atoms with Gasteiger partial charge in [-0.25, -0.2) is 0 Å². The maximum absolute atomic E-state index is 11.9. The minimum atomic E-state index is -0.0474. The van der Waals surface area contributed by atoms with E-state index in [1.165, 1.54) is 0 Å². The summed E-state index contributed by atoms with van der Waals surface area (Å²) in [5.74, 6) is 0.0289. The Morgan fingerprint density at radius 1 is 1.62 bits per heavy atom. The van der Waals surface area contributed by atoms with Crippen molar-refractivity contribution in [2.75, 3.05) is 13.2 Å². The van der Waals surface area contributed by atoms with Crippen LogP contribution in [0.25, 0.3) is 0 Å². The van der Waals surface area contributed by atoms with Crippen LogP contribution in [0.3, 0.4) is 0 Å². The molecule has 0 spiro atoms. The Morgan fingerprint density at radius 2 is 2.38 bits per heavy atom. The van der Waals surface area contributed by atoms with Gasteiger partial charge in [0, 0.05) is 13.2 Å². The highest BCUT2D eigenvalue weighted by molar-refractivity contribution is 5.79. The van der Waals surface area contributed by atoms with E-state index in [0.29, 0.717) is 6.54 Å².